The summed E-state index contributed by atoms with van der Waals surface area (Å²) in [4.78, 5) is 22.8. The highest BCUT2D eigenvalue weighted by Crippen LogP contribution is 2.39. The van der Waals surface area contributed by atoms with Gasteiger partial charge in [-0.1, -0.05) is 0 Å². The van der Waals surface area contributed by atoms with Crippen molar-refractivity contribution in [2.45, 2.75) is 6.17 Å². The molecule has 1 aliphatic rings. The highest BCUT2D eigenvalue weighted by atomic mass is 16.6. The molecular weight excluding hydrogens is 256 g/mol. The number of carboxylic acid groups (broad SMARTS) is 1. The van der Waals surface area contributed by atoms with Gasteiger partial charge in [-0.05, 0) is 0 Å². The Morgan fingerprint density at radius 3 is 2.42 bits per heavy atom. The Morgan fingerprint density at radius 2 is 2.00 bits per heavy atom. The predicted molar refractivity (Wildman–Crippen MR) is 64.6 cm³/mol. The van der Waals surface area contributed by atoms with Gasteiger partial charge in [-0.15, -0.1) is 0 Å². The lowest BCUT2D eigenvalue weighted by Gasteiger charge is -2.13. The number of aromatic carboxylic acids is 1. The minimum Gasteiger partial charge on any atom is -0.493 e. The predicted octanol–water partition coefficient (Wildman–Crippen LogP) is 0.825. The van der Waals surface area contributed by atoms with E-state index in [2.05, 4.69) is 0 Å². The first-order valence-electron chi connectivity index (χ1n) is 5.39. The molecule has 0 aromatic heterocycles. The Balaban J connectivity index is 2.47. The van der Waals surface area contributed by atoms with Crippen LogP contribution in [0.25, 0.3) is 0 Å². The summed E-state index contributed by atoms with van der Waals surface area (Å²) >= 11 is 0. The van der Waals surface area contributed by atoms with Crippen LogP contribution in [0.5, 0.6) is 11.5 Å². The lowest BCUT2D eigenvalue weighted by molar-refractivity contribution is -0.492. The molecule has 1 heterocycles. The SMILES string of the molecule is COc1cc(C(=O)O)c(N2CC2[N+](=O)[O-])cc1OC. The quantitative estimate of drug-likeness (QED) is 0.479. The molecule has 0 radical (unpaired) electrons. The summed E-state index contributed by atoms with van der Waals surface area (Å²) in [5.74, 6) is -0.579. The van der Waals surface area contributed by atoms with Crippen molar-refractivity contribution in [1.29, 1.82) is 0 Å². The number of hydrogen-bond donors (Lipinski definition) is 1. The van der Waals surface area contributed by atoms with E-state index in [1.807, 2.05) is 0 Å². The third-order valence-corrected chi connectivity index (χ3v) is 2.87. The number of nitro groups is 1. The number of carbonyl (C=O) groups is 1. The summed E-state index contributed by atoms with van der Waals surface area (Å²) in [7, 11) is 2.80. The van der Waals surface area contributed by atoms with Crippen molar-refractivity contribution in [1.82, 2.24) is 0 Å². The zero-order valence-corrected chi connectivity index (χ0v) is 10.3. The number of ether oxygens (including phenoxy) is 2. The zero-order valence-electron chi connectivity index (χ0n) is 10.3. The summed E-state index contributed by atoms with van der Waals surface area (Å²) in [6.07, 6.45) is -0.879. The molecule has 8 nitrogen and oxygen atoms in total. The second-order valence-electron chi connectivity index (χ2n) is 3.95. The Morgan fingerprint density at radius 1 is 1.42 bits per heavy atom. The molecule has 1 N–H and O–H groups in total. The van der Waals surface area contributed by atoms with Gasteiger partial charge in [0.25, 0.3) is 0 Å². The van der Waals surface area contributed by atoms with Crippen molar-refractivity contribution in [3.8, 4) is 11.5 Å². The molecule has 1 fully saturated rings. The third kappa shape index (κ3) is 2.24. The van der Waals surface area contributed by atoms with Crippen molar-refractivity contribution >= 4 is 11.7 Å². The van der Waals surface area contributed by atoms with E-state index in [1.54, 1.807) is 0 Å². The number of benzene rings is 1. The van der Waals surface area contributed by atoms with Crippen LogP contribution in [-0.4, -0.2) is 42.9 Å². The average molecular weight is 268 g/mol. The minimum atomic E-state index is -1.18. The van der Waals surface area contributed by atoms with Gasteiger partial charge in [0.2, 0.25) is 0 Å². The van der Waals surface area contributed by atoms with Crippen LogP contribution in [0.15, 0.2) is 12.1 Å². The van der Waals surface area contributed by atoms with E-state index < -0.39 is 17.1 Å². The average Bonchev–Trinajstić information content (AvgIpc) is 3.17. The third-order valence-electron chi connectivity index (χ3n) is 2.87. The summed E-state index contributed by atoms with van der Waals surface area (Å²) in [6.45, 7) is 0.183. The van der Waals surface area contributed by atoms with Crippen molar-refractivity contribution in [3.63, 3.8) is 0 Å². The maximum atomic E-state index is 11.2. The lowest BCUT2D eigenvalue weighted by atomic mass is 10.1. The zero-order chi connectivity index (χ0) is 14.2. The lowest BCUT2D eigenvalue weighted by Crippen LogP contribution is -2.13. The summed E-state index contributed by atoms with van der Waals surface area (Å²) in [5.41, 5.74) is 0.203. The molecule has 1 saturated heterocycles. The van der Waals surface area contributed by atoms with Gasteiger partial charge in [-0.3, -0.25) is 15.0 Å². The van der Waals surface area contributed by atoms with Gasteiger partial charge in [-0.2, -0.15) is 0 Å². The van der Waals surface area contributed by atoms with Gasteiger partial charge in [0.05, 0.1) is 25.5 Å². The van der Waals surface area contributed by atoms with Crippen LogP contribution in [0.1, 0.15) is 10.4 Å². The number of nitrogens with zero attached hydrogens (tertiary/aromatic N) is 2. The minimum absolute atomic E-state index is 0.0537. The van der Waals surface area contributed by atoms with Crippen LogP contribution in [0.2, 0.25) is 0 Å². The molecule has 1 aliphatic heterocycles. The maximum absolute atomic E-state index is 11.2. The number of anilines is 1. The van der Waals surface area contributed by atoms with E-state index in [4.69, 9.17) is 14.6 Å². The van der Waals surface area contributed by atoms with E-state index in [0.717, 1.165) is 0 Å². The molecule has 0 spiro atoms. The van der Waals surface area contributed by atoms with Crippen molar-refractivity contribution in [2.75, 3.05) is 25.7 Å². The van der Waals surface area contributed by atoms with Gasteiger partial charge in [0.15, 0.2) is 11.5 Å². The largest absolute Gasteiger partial charge is 0.493 e. The first kappa shape index (κ1) is 12.9. The van der Waals surface area contributed by atoms with Crippen LogP contribution >= 0.6 is 0 Å². The fourth-order valence-electron chi connectivity index (χ4n) is 1.85. The van der Waals surface area contributed by atoms with Gasteiger partial charge in [0.1, 0.15) is 6.54 Å². The van der Waals surface area contributed by atoms with Gasteiger partial charge >= 0.3 is 12.1 Å². The van der Waals surface area contributed by atoms with Crippen LogP contribution < -0.4 is 14.4 Å². The fraction of sp³-hybridized carbons (Fsp3) is 0.364. The number of hydrogen-bond acceptors (Lipinski definition) is 6. The monoisotopic (exact) mass is 268 g/mol. The highest BCUT2D eigenvalue weighted by Gasteiger charge is 2.47. The van der Waals surface area contributed by atoms with Crippen LogP contribution in [0.3, 0.4) is 0 Å². The molecule has 2 rings (SSSR count). The van der Waals surface area contributed by atoms with E-state index in [1.165, 1.54) is 31.3 Å². The molecule has 0 bridgehead atoms. The molecule has 0 amide bonds. The second kappa shape index (κ2) is 4.63. The Kier molecular flexibility index (Phi) is 3.16. The molecule has 1 aromatic carbocycles. The fourth-order valence-corrected chi connectivity index (χ4v) is 1.85. The topological polar surface area (TPSA) is 102 Å². The van der Waals surface area contributed by atoms with Crippen LogP contribution in [0.4, 0.5) is 5.69 Å². The van der Waals surface area contributed by atoms with Gasteiger partial charge in [0, 0.05) is 17.1 Å². The summed E-state index contributed by atoms with van der Waals surface area (Å²) in [6, 6.07) is 2.73. The smallest absolute Gasteiger partial charge is 0.337 e. The Labute approximate surface area is 108 Å². The molecule has 19 heavy (non-hydrogen) atoms. The number of carboxylic acids is 1. The molecule has 0 aliphatic carbocycles. The molecule has 1 aromatic rings. The van der Waals surface area contributed by atoms with Crippen LogP contribution in [-0.2, 0) is 0 Å². The van der Waals surface area contributed by atoms with Gasteiger partial charge in [-0.25, -0.2) is 4.79 Å². The Bertz CT molecular complexity index is 544. The molecule has 1 unspecified atom stereocenters. The normalized spacial score (nSPS) is 16.9. The molecule has 102 valence electrons. The van der Waals surface area contributed by atoms with Crippen molar-refractivity contribution in [3.05, 3.63) is 27.8 Å². The molecular formula is C11H12N2O6. The number of methoxy groups -OCH3 is 2. The molecule has 1 atom stereocenters. The number of rotatable bonds is 5. The first-order chi connectivity index (χ1) is 8.99. The highest BCUT2D eigenvalue weighted by molar-refractivity contribution is 5.96. The molecule has 8 heteroatoms. The van der Waals surface area contributed by atoms with E-state index in [0.29, 0.717) is 5.75 Å². The van der Waals surface area contributed by atoms with Crippen molar-refractivity contribution < 1.29 is 24.3 Å². The summed E-state index contributed by atoms with van der Waals surface area (Å²) in [5, 5.41) is 19.8. The van der Waals surface area contributed by atoms with Crippen LogP contribution in [0, 0.1) is 10.1 Å². The summed E-state index contributed by atoms with van der Waals surface area (Å²) < 4.78 is 10.1. The maximum Gasteiger partial charge on any atom is 0.337 e. The standard InChI is InChI=1S/C11H12N2O6/c1-18-8-3-6(11(14)15)7(4-9(8)19-2)12-5-10(12)13(16)17/h3-4,10H,5H2,1-2H3,(H,14,15). The van der Waals surface area contributed by atoms with Crippen molar-refractivity contribution in [2.24, 2.45) is 0 Å². The van der Waals surface area contributed by atoms with Gasteiger partial charge < -0.3 is 14.6 Å². The molecule has 0 saturated carbocycles. The first-order valence-corrected chi connectivity index (χ1v) is 5.39. The van der Waals surface area contributed by atoms with E-state index in [-0.39, 0.29) is 23.5 Å². The Hall–Kier alpha value is -2.51. The van der Waals surface area contributed by atoms with E-state index >= 15 is 0 Å². The van der Waals surface area contributed by atoms with E-state index in [9.17, 15) is 14.9 Å². The second-order valence-corrected chi connectivity index (χ2v) is 3.95.